The lowest BCUT2D eigenvalue weighted by atomic mass is 10.1. The van der Waals surface area contributed by atoms with Gasteiger partial charge < -0.3 is 24.6 Å². The molecule has 0 aliphatic rings. The molecule has 0 heterocycles. The van der Waals surface area contributed by atoms with Crippen molar-refractivity contribution in [2.45, 2.75) is 58.3 Å². The maximum atomic E-state index is 11.7. The van der Waals surface area contributed by atoms with Gasteiger partial charge in [0, 0.05) is 13.2 Å². The van der Waals surface area contributed by atoms with Crippen molar-refractivity contribution in [2.75, 3.05) is 19.8 Å². The van der Waals surface area contributed by atoms with E-state index in [9.17, 15) is 9.90 Å². The lowest BCUT2D eigenvalue weighted by molar-refractivity contribution is 0.0518. The molecular weight excluding hydrogens is 394 g/mol. The Balaban J connectivity index is 1.61. The van der Waals surface area contributed by atoms with Gasteiger partial charge in [-0.15, -0.1) is 0 Å². The van der Waals surface area contributed by atoms with Crippen molar-refractivity contribution in [3.8, 4) is 5.75 Å². The van der Waals surface area contributed by atoms with Gasteiger partial charge in [0.2, 0.25) is 0 Å². The number of hydrogen-bond donors (Lipinski definition) is 2. The van der Waals surface area contributed by atoms with E-state index in [-0.39, 0.29) is 0 Å². The zero-order chi connectivity index (χ0) is 22.5. The van der Waals surface area contributed by atoms with E-state index in [4.69, 9.17) is 14.2 Å². The van der Waals surface area contributed by atoms with Crippen LogP contribution in [0.25, 0.3) is 0 Å². The van der Waals surface area contributed by atoms with Crippen molar-refractivity contribution in [2.24, 2.45) is 0 Å². The van der Waals surface area contributed by atoms with Crippen LogP contribution in [0.15, 0.2) is 54.6 Å². The maximum Gasteiger partial charge on any atom is 0.407 e. The smallest absolute Gasteiger partial charge is 0.407 e. The van der Waals surface area contributed by atoms with Gasteiger partial charge in [0.15, 0.2) is 0 Å². The number of rotatable bonds is 12. The van der Waals surface area contributed by atoms with Gasteiger partial charge >= 0.3 is 6.09 Å². The van der Waals surface area contributed by atoms with Crippen molar-refractivity contribution < 1.29 is 24.1 Å². The minimum atomic E-state index is -0.690. The van der Waals surface area contributed by atoms with E-state index in [2.05, 4.69) is 17.4 Å². The monoisotopic (exact) mass is 429 g/mol. The Kier molecular flexibility index (Phi) is 10.3. The number of amides is 1. The van der Waals surface area contributed by atoms with Gasteiger partial charge in [-0.3, -0.25) is 0 Å². The molecule has 0 aromatic heterocycles. The molecule has 0 fully saturated rings. The molecule has 2 N–H and O–H groups in total. The summed E-state index contributed by atoms with van der Waals surface area (Å²) in [4.78, 5) is 11.7. The summed E-state index contributed by atoms with van der Waals surface area (Å²) < 4.78 is 16.7. The number of unbranched alkanes of at least 4 members (excludes halogenated alkanes) is 1. The molecule has 0 spiro atoms. The quantitative estimate of drug-likeness (QED) is 0.464. The van der Waals surface area contributed by atoms with E-state index in [1.54, 1.807) is 0 Å². The van der Waals surface area contributed by atoms with Gasteiger partial charge in [0.05, 0.1) is 19.3 Å². The highest BCUT2D eigenvalue weighted by Crippen LogP contribution is 2.21. The van der Waals surface area contributed by atoms with Crippen molar-refractivity contribution in [3.63, 3.8) is 0 Å². The van der Waals surface area contributed by atoms with Crippen LogP contribution in [0.2, 0.25) is 0 Å². The minimum absolute atomic E-state index is 0.324. The summed E-state index contributed by atoms with van der Waals surface area (Å²) in [6.07, 6.45) is 1.03. The Morgan fingerprint density at radius 2 is 1.77 bits per heavy atom. The summed E-state index contributed by atoms with van der Waals surface area (Å²) in [6.45, 7) is 7.67. The topological polar surface area (TPSA) is 77.0 Å². The molecule has 1 atom stereocenters. The number of ether oxygens (including phenoxy) is 3. The molecule has 6 heteroatoms. The van der Waals surface area contributed by atoms with Crippen molar-refractivity contribution >= 4 is 6.09 Å². The molecule has 0 saturated heterocycles. The summed E-state index contributed by atoms with van der Waals surface area (Å²) in [5, 5.41) is 13.0. The fourth-order valence-electron chi connectivity index (χ4n) is 2.86. The number of aliphatic hydroxyl groups is 1. The second-order valence-corrected chi connectivity index (χ2v) is 8.40. The summed E-state index contributed by atoms with van der Waals surface area (Å²) >= 11 is 0. The molecule has 2 aromatic rings. The first kappa shape index (κ1) is 24.7. The van der Waals surface area contributed by atoms with Gasteiger partial charge in [-0.05, 0) is 63.3 Å². The second kappa shape index (κ2) is 13.0. The van der Waals surface area contributed by atoms with Crippen molar-refractivity contribution in [1.29, 1.82) is 0 Å². The lowest BCUT2D eigenvalue weighted by Gasteiger charge is -2.20. The molecular formula is C25H35NO5. The molecule has 0 saturated carbocycles. The third-order valence-corrected chi connectivity index (χ3v) is 4.39. The van der Waals surface area contributed by atoms with Crippen LogP contribution >= 0.6 is 0 Å². The second-order valence-electron chi connectivity index (χ2n) is 8.40. The number of aliphatic hydroxyl groups excluding tert-OH is 1. The van der Waals surface area contributed by atoms with Crippen LogP contribution < -0.4 is 10.1 Å². The zero-order valence-electron chi connectivity index (χ0n) is 18.8. The fourth-order valence-corrected chi connectivity index (χ4v) is 2.86. The van der Waals surface area contributed by atoms with Gasteiger partial charge in [0.25, 0.3) is 0 Å². The highest BCUT2D eigenvalue weighted by atomic mass is 16.6. The van der Waals surface area contributed by atoms with E-state index in [1.807, 2.05) is 63.2 Å². The zero-order valence-corrected chi connectivity index (χ0v) is 18.8. The Bertz CT molecular complexity index is 773. The van der Waals surface area contributed by atoms with Crippen LogP contribution in [0.5, 0.6) is 5.75 Å². The van der Waals surface area contributed by atoms with Crippen LogP contribution in [0.3, 0.4) is 0 Å². The molecule has 6 nitrogen and oxygen atoms in total. The van der Waals surface area contributed by atoms with E-state index in [1.165, 1.54) is 5.56 Å². The molecule has 2 aromatic carbocycles. The van der Waals surface area contributed by atoms with E-state index in [0.717, 1.165) is 24.2 Å². The molecule has 0 bridgehead atoms. The number of nitrogens with one attached hydrogen (secondary N) is 1. The standard InChI is InChI=1S/C25H35NO5/c1-25(2,3)31-24(28)26-15-14-23(27)21-12-9-13-22(18-21)30-17-8-7-16-29-19-20-10-5-4-6-11-20/h4-6,9-13,18,23,27H,7-8,14-17,19H2,1-3H3,(H,26,28). The molecule has 0 aliphatic heterocycles. The number of carbonyl (C=O) groups excluding carboxylic acids is 1. The van der Waals surface area contributed by atoms with Crippen LogP contribution in [-0.4, -0.2) is 36.6 Å². The van der Waals surface area contributed by atoms with E-state index < -0.39 is 17.8 Å². The molecule has 0 radical (unpaired) electrons. The molecule has 31 heavy (non-hydrogen) atoms. The third-order valence-electron chi connectivity index (χ3n) is 4.39. The van der Waals surface area contributed by atoms with Gasteiger partial charge in [0.1, 0.15) is 11.4 Å². The van der Waals surface area contributed by atoms with E-state index in [0.29, 0.717) is 32.8 Å². The Morgan fingerprint density at radius 1 is 1.03 bits per heavy atom. The number of benzene rings is 2. The third kappa shape index (κ3) is 10.9. The highest BCUT2D eigenvalue weighted by molar-refractivity contribution is 5.67. The average molecular weight is 430 g/mol. The number of hydrogen-bond acceptors (Lipinski definition) is 5. The summed E-state index contributed by atoms with van der Waals surface area (Å²) in [6, 6.07) is 17.5. The number of carbonyl (C=O) groups is 1. The van der Waals surface area contributed by atoms with E-state index >= 15 is 0 Å². The van der Waals surface area contributed by atoms with Crippen LogP contribution in [-0.2, 0) is 16.1 Å². The Morgan fingerprint density at radius 3 is 2.52 bits per heavy atom. The van der Waals surface area contributed by atoms with Gasteiger partial charge in [-0.25, -0.2) is 4.79 Å². The molecule has 2 rings (SSSR count). The van der Waals surface area contributed by atoms with Crippen molar-refractivity contribution in [3.05, 3.63) is 65.7 Å². The Hall–Kier alpha value is -2.57. The SMILES string of the molecule is CC(C)(C)OC(=O)NCCC(O)c1cccc(OCCCCOCc2ccccc2)c1. The first-order chi connectivity index (χ1) is 14.8. The molecule has 1 unspecified atom stereocenters. The van der Waals surface area contributed by atoms with Crippen LogP contribution in [0.1, 0.15) is 57.3 Å². The highest BCUT2D eigenvalue weighted by Gasteiger charge is 2.16. The summed E-state index contributed by atoms with van der Waals surface area (Å²) in [5.41, 5.74) is 1.40. The lowest BCUT2D eigenvalue weighted by Crippen LogP contribution is -2.33. The van der Waals surface area contributed by atoms with Crippen molar-refractivity contribution in [1.82, 2.24) is 5.32 Å². The summed E-state index contributed by atoms with van der Waals surface area (Å²) in [7, 11) is 0. The van der Waals surface area contributed by atoms with Crippen LogP contribution in [0, 0.1) is 0 Å². The molecule has 0 aliphatic carbocycles. The largest absolute Gasteiger partial charge is 0.494 e. The molecule has 170 valence electrons. The Labute approximate surface area is 185 Å². The first-order valence-corrected chi connectivity index (χ1v) is 10.8. The average Bonchev–Trinajstić information content (AvgIpc) is 2.72. The fraction of sp³-hybridized carbons (Fsp3) is 0.480. The first-order valence-electron chi connectivity index (χ1n) is 10.8. The van der Waals surface area contributed by atoms with Gasteiger partial charge in [-0.1, -0.05) is 42.5 Å². The predicted molar refractivity (Wildman–Crippen MR) is 121 cm³/mol. The normalized spacial score (nSPS) is 12.3. The van der Waals surface area contributed by atoms with Crippen LogP contribution in [0.4, 0.5) is 4.79 Å². The number of alkyl carbamates (subject to hydrolysis) is 1. The summed E-state index contributed by atoms with van der Waals surface area (Å²) in [5.74, 6) is 0.724. The van der Waals surface area contributed by atoms with Gasteiger partial charge in [-0.2, -0.15) is 0 Å². The predicted octanol–water partition coefficient (Wildman–Crippen LogP) is 5.01. The minimum Gasteiger partial charge on any atom is -0.494 e. The molecule has 1 amide bonds. The maximum absolute atomic E-state index is 11.7.